The maximum Gasteiger partial charge on any atom is 0.408 e. The van der Waals surface area contributed by atoms with Gasteiger partial charge in [0.2, 0.25) is 11.8 Å². The highest BCUT2D eigenvalue weighted by Crippen LogP contribution is 2.21. The second-order valence-corrected chi connectivity index (χ2v) is 9.97. The number of nitrogens with zero attached hydrogens (tertiary/aromatic N) is 2. The zero-order valence-corrected chi connectivity index (χ0v) is 22.6. The number of alkyl carbamates (subject to hydrolysis) is 1. The van der Waals surface area contributed by atoms with Crippen LogP contribution in [0.2, 0.25) is 0 Å². The van der Waals surface area contributed by atoms with E-state index >= 15 is 0 Å². The van der Waals surface area contributed by atoms with Gasteiger partial charge in [-0.05, 0) is 11.1 Å². The fraction of sp³-hybridized carbons (Fsp3) is 0.345. The van der Waals surface area contributed by atoms with E-state index in [1.54, 1.807) is 12.1 Å². The number of carbonyl (C=O) groups is 4. The van der Waals surface area contributed by atoms with Crippen molar-refractivity contribution in [3.05, 3.63) is 90.0 Å². The number of imidazole rings is 1. The number of aliphatic carboxylic acids is 1. The van der Waals surface area contributed by atoms with Crippen molar-refractivity contribution in [2.45, 2.75) is 44.8 Å². The highest BCUT2D eigenvalue weighted by molar-refractivity contribution is 5.90. The molecule has 4 N–H and O–H groups in total. The average molecular weight is 550 g/mol. The lowest BCUT2D eigenvalue weighted by atomic mass is 9.84. The monoisotopic (exact) mass is 549 g/mol. The number of amides is 3. The van der Waals surface area contributed by atoms with Crippen LogP contribution in [0.5, 0.6) is 0 Å². The van der Waals surface area contributed by atoms with Crippen LogP contribution in [0, 0.1) is 0 Å². The van der Waals surface area contributed by atoms with Gasteiger partial charge in [-0.3, -0.25) is 14.4 Å². The van der Waals surface area contributed by atoms with Crippen molar-refractivity contribution < 1.29 is 29.0 Å². The van der Waals surface area contributed by atoms with Crippen LogP contribution in [0.25, 0.3) is 0 Å². The second kappa shape index (κ2) is 14.5. The molecule has 0 aliphatic carbocycles. The molecule has 0 radical (unpaired) electrons. The predicted octanol–water partition coefficient (Wildman–Crippen LogP) is 2.64. The van der Waals surface area contributed by atoms with Gasteiger partial charge in [0.25, 0.3) is 0 Å². The zero-order chi connectivity index (χ0) is 29.0. The molecular weight excluding hydrogens is 514 g/mol. The standard InChI is InChI=1S/C29H35N5O6/c1-29(2,22-11-7-4-8-12-22)19-31-25(35)17-34(14-13-26(36)37)27(38)24(15-23-16-30-20-32-23)33-28(39)40-18-21-9-5-3-6-10-21/h3-12,16,20,24H,13-15,17-19H2,1-2H3,(H,30,32)(H,31,35)(H,33,39)(H,36,37). The lowest BCUT2D eigenvalue weighted by Crippen LogP contribution is -2.53. The number of benzene rings is 2. The topological polar surface area (TPSA) is 154 Å². The van der Waals surface area contributed by atoms with Gasteiger partial charge in [0, 0.05) is 36.8 Å². The number of carbonyl (C=O) groups excluding carboxylic acids is 3. The van der Waals surface area contributed by atoms with Crippen LogP contribution in [0.1, 0.15) is 37.1 Å². The quantitative estimate of drug-likeness (QED) is 0.241. The summed E-state index contributed by atoms with van der Waals surface area (Å²) in [7, 11) is 0. The molecule has 11 heteroatoms. The van der Waals surface area contributed by atoms with Crippen LogP contribution in [-0.2, 0) is 37.6 Å². The molecule has 0 aliphatic rings. The van der Waals surface area contributed by atoms with Crippen molar-refractivity contribution in [3.8, 4) is 0 Å². The maximum absolute atomic E-state index is 13.6. The van der Waals surface area contributed by atoms with Gasteiger partial charge in [0.05, 0.1) is 19.3 Å². The van der Waals surface area contributed by atoms with E-state index in [9.17, 15) is 24.3 Å². The Hall–Kier alpha value is -4.67. The van der Waals surface area contributed by atoms with Crippen LogP contribution < -0.4 is 10.6 Å². The molecule has 1 atom stereocenters. The number of hydrogen-bond donors (Lipinski definition) is 4. The van der Waals surface area contributed by atoms with E-state index in [1.165, 1.54) is 12.5 Å². The Kier molecular flexibility index (Phi) is 10.8. The highest BCUT2D eigenvalue weighted by Gasteiger charge is 2.30. The Morgan fingerprint density at radius 1 is 1.05 bits per heavy atom. The first-order valence-electron chi connectivity index (χ1n) is 12.9. The van der Waals surface area contributed by atoms with E-state index in [1.807, 2.05) is 62.4 Å². The lowest BCUT2D eigenvalue weighted by molar-refractivity contribution is -0.141. The summed E-state index contributed by atoms with van der Waals surface area (Å²) in [6.45, 7) is 3.68. The first kappa shape index (κ1) is 29.9. The average Bonchev–Trinajstić information content (AvgIpc) is 3.46. The normalized spacial score (nSPS) is 11.8. The number of H-pyrrole nitrogens is 1. The molecule has 0 aliphatic heterocycles. The van der Waals surface area contributed by atoms with Gasteiger partial charge in [0.15, 0.2) is 0 Å². The van der Waals surface area contributed by atoms with Crippen LogP contribution in [0.15, 0.2) is 73.2 Å². The Labute approximate surface area is 232 Å². The number of carboxylic acids is 1. The fourth-order valence-electron chi connectivity index (χ4n) is 3.98. The molecule has 0 bridgehead atoms. The Bertz CT molecular complexity index is 1250. The summed E-state index contributed by atoms with van der Waals surface area (Å²) < 4.78 is 5.28. The number of nitrogens with one attached hydrogen (secondary N) is 3. The van der Waals surface area contributed by atoms with E-state index in [0.717, 1.165) is 16.0 Å². The summed E-state index contributed by atoms with van der Waals surface area (Å²) in [5.74, 6) is -2.19. The third-order valence-electron chi connectivity index (χ3n) is 6.31. The summed E-state index contributed by atoms with van der Waals surface area (Å²) in [4.78, 5) is 58.4. The molecular formula is C29H35N5O6. The van der Waals surface area contributed by atoms with Gasteiger partial charge >= 0.3 is 12.1 Å². The molecule has 212 valence electrons. The van der Waals surface area contributed by atoms with Crippen molar-refractivity contribution in [1.82, 2.24) is 25.5 Å². The van der Waals surface area contributed by atoms with E-state index in [-0.39, 0.29) is 38.0 Å². The molecule has 1 aromatic heterocycles. The van der Waals surface area contributed by atoms with Crippen molar-refractivity contribution in [1.29, 1.82) is 0 Å². The maximum atomic E-state index is 13.6. The van der Waals surface area contributed by atoms with E-state index in [4.69, 9.17) is 4.74 Å². The van der Waals surface area contributed by atoms with E-state index in [0.29, 0.717) is 12.2 Å². The SMILES string of the molecule is CC(C)(CNC(=O)CN(CCC(=O)O)C(=O)C(Cc1cnc[nH]1)NC(=O)OCc1ccccc1)c1ccccc1. The van der Waals surface area contributed by atoms with Gasteiger partial charge in [-0.2, -0.15) is 0 Å². The molecule has 0 saturated carbocycles. The van der Waals surface area contributed by atoms with Crippen molar-refractivity contribution in [2.75, 3.05) is 19.6 Å². The Morgan fingerprint density at radius 2 is 1.73 bits per heavy atom. The third kappa shape index (κ3) is 9.57. The minimum atomic E-state index is -1.13. The van der Waals surface area contributed by atoms with Crippen molar-refractivity contribution >= 4 is 23.9 Å². The first-order chi connectivity index (χ1) is 19.1. The van der Waals surface area contributed by atoms with Crippen LogP contribution >= 0.6 is 0 Å². The number of aromatic nitrogens is 2. The number of ether oxygens (including phenoxy) is 1. The zero-order valence-electron chi connectivity index (χ0n) is 22.6. The summed E-state index contributed by atoms with van der Waals surface area (Å²) in [5, 5.41) is 14.7. The van der Waals surface area contributed by atoms with Crippen LogP contribution in [0.3, 0.4) is 0 Å². The van der Waals surface area contributed by atoms with Crippen LogP contribution in [-0.4, -0.2) is 69.5 Å². The molecule has 2 aromatic carbocycles. The summed E-state index contributed by atoms with van der Waals surface area (Å²) in [6, 6.07) is 17.6. The van der Waals surface area contributed by atoms with Gasteiger partial charge in [-0.15, -0.1) is 0 Å². The molecule has 0 fully saturated rings. The van der Waals surface area contributed by atoms with Crippen molar-refractivity contribution in [3.63, 3.8) is 0 Å². The van der Waals surface area contributed by atoms with E-state index < -0.39 is 29.9 Å². The Balaban J connectivity index is 1.69. The number of hydrogen-bond acceptors (Lipinski definition) is 6. The van der Waals surface area contributed by atoms with Crippen LogP contribution in [0.4, 0.5) is 4.79 Å². The molecule has 3 amide bonds. The molecule has 0 spiro atoms. The number of aromatic amines is 1. The fourth-order valence-corrected chi connectivity index (χ4v) is 3.98. The second-order valence-electron chi connectivity index (χ2n) is 9.97. The molecule has 3 aromatic rings. The lowest BCUT2D eigenvalue weighted by Gasteiger charge is -2.29. The molecule has 1 unspecified atom stereocenters. The van der Waals surface area contributed by atoms with Gasteiger partial charge in [0.1, 0.15) is 12.6 Å². The largest absolute Gasteiger partial charge is 0.481 e. The van der Waals surface area contributed by atoms with Gasteiger partial charge < -0.3 is 30.4 Å². The molecule has 1 heterocycles. The molecule has 0 saturated heterocycles. The minimum absolute atomic E-state index is 0.0000242. The molecule has 3 rings (SSSR count). The Morgan fingerprint density at radius 3 is 2.35 bits per heavy atom. The van der Waals surface area contributed by atoms with Gasteiger partial charge in [-0.25, -0.2) is 9.78 Å². The predicted molar refractivity (Wildman–Crippen MR) is 147 cm³/mol. The number of rotatable bonds is 14. The summed E-state index contributed by atoms with van der Waals surface area (Å²) in [5.41, 5.74) is 1.99. The van der Waals surface area contributed by atoms with E-state index in [2.05, 4.69) is 20.6 Å². The number of carboxylic acid groups (broad SMARTS) is 1. The summed E-state index contributed by atoms with van der Waals surface area (Å²) >= 11 is 0. The third-order valence-corrected chi connectivity index (χ3v) is 6.31. The smallest absolute Gasteiger partial charge is 0.408 e. The molecule has 40 heavy (non-hydrogen) atoms. The van der Waals surface area contributed by atoms with Crippen molar-refractivity contribution in [2.24, 2.45) is 0 Å². The first-order valence-corrected chi connectivity index (χ1v) is 12.9. The van der Waals surface area contributed by atoms with Gasteiger partial charge in [-0.1, -0.05) is 74.5 Å². The molecule has 11 nitrogen and oxygen atoms in total. The summed E-state index contributed by atoms with van der Waals surface area (Å²) in [6.07, 6.45) is 1.79. The highest BCUT2D eigenvalue weighted by atomic mass is 16.5. The minimum Gasteiger partial charge on any atom is -0.481 e.